The zero-order valence-corrected chi connectivity index (χ0v) is 8.95. The van der Waals surface area contributed by atoms with Crippen molar-refractivity contribution >= 4 is 5.69 Å². The highest BCUT2D eigenvalue weighted by atomic mass is 16.5. The van der Waals surface area contributed by atoms with Gasteiger partial charge in [0.25, 0.3) is 0 Å². The lowest BCUT2D eigenvalue weighted by molar-refractivity contribution is 0.0328. The minimum Gasteiger partial charge on any atom is -0.381 e. The molecule has 0 saturated heterocycles. The summed E-state index contributed by atoms with van der Waals surface area (Å²) in [5.74, 6) is 0. The van der Waals surface area contributed by atoms with E-state index in [9.17, 15) is 0 Å². The van der Waals surface area contributed by atoms with Crippen LogP contribution in [-0.4, -0.2) is 29.0 Å². The summed E-state index contributed by atoms with van der Waals surface area (Å²) < 4.78 is 7.07. The fraction of sp³-hybridized carbons (Fsp3) is 0.700. The summed E-state index contributed by atoms with van der Waals surface area (Å²) in [7, 11) is 3.72. The third-order valence-corrected chi connectivity index (χ3v) is 2.80. The Labute approximate surface area is 84.3 Å². The van der Waals surface area contributed by atoms with Crippen LogP contribution in [0.15, 0.2) is 6.20 Å². The summed E-state index contributed by atoms with van der Waals surface area (Å²) in [6.45, 7) is 2.02. The van der Waals surface area contributed by atoms with Gasteiger partial charge in [-0.3, -0.25) is 4.68 Å². The van der Waals surface area contributed by atoms with E-state index in [-0.39, 0.29) is 0 Å². The van der Waals surface area contributed by atoms with E-state index < -0.39 is 0 Å². The number of hydrogen-bond acceptors (Lipinski definition) is 3. The van der Waals surface area contributed by atoms with Crippen LogP contribution in [0.3, 0.4) is 0 Å². The maximum Gasteiger partial charge on any atom is 0.0825 e. The summed E-state index contributed by atoms with van der Waals surface area (Å²) in [5.41, 5.74) is 2.21. The zero-order chi connectivity index (χ0) is 10.1. The van der Waals surface area contributed by atoms with Gasteiger partial charge in [0.1, 0.15) is 0 Å². The number of methoxy groups -OCH3 is 1. The van der Waals surface area contributed by atoms with Gasteiger partial charge in [0.05, 0.1) is 17.5 Å². The zero-order valence-electron chi connectivity index (χ0n) is 8.95. The van der Waals surface area contributed by atoms with Crippen molar-refractivity contribution in [3.63, 3.8) is 0 Å². The lowest BCUT2D eigenvalue weighted by Crippen LogP contribution is -2.40. The summed E-state index contributed by atoms with van der Waals surface area (Å²) in [5, 5.41) is 7.75. The topological polar surface area (TPSA) is 39.1 Å². The summed E-state index contributed by atoms with van der Waals surface area (Å²) >= 11 is 0. The highest BCUT2D eigenvalue weighted by Gasteiger charge is 2.29. The van der Waals surface area contributed by atoms with Crippen molar-refractivity contribution in [1.82, 2.24) is 9.78 Å². The first-order chi connectivity index (χ1) is 6.69. The number of nitrogens with zero attached hydrogens (tertiary/aromatic N) is 2. The molecule has 0 aliphatic heterocycles. The van der Waals surface area contributed by atoms with Crippen LogP contribution in [0.5, 0.6) is 0 Å². The molecule has 0 unspecified atom stereocenters. The lowest BCUT2D eigenvalue weighted by Gasteiger charge is -2.35. The first kappa shape index (κ1) is 9.52. The second-order valence-electron chi connectivity index (χ2n) is 3.97. The van der Waals surface area contributed by atoms with E-state index in [1.54, 1.807) is 7.11 Å². The molecule has 2 rings (SSSR count). The number of nitrogens with one attached hydrogen (secondary N) is 1. The van der Waals surface area contributed by atoms with Crippen LogP contribution in [0.25, 0.3) is 0 Å². The molecule has 1 saturated carbocycles. The van der Waals surface area contributed by atoms with Gasteiger partial charge in [0.15, 0.2) is 0 Å². The van der Waals surface area contributed by atoms with Crippen LogP contribution in [-0.2, 0) is 11.8 Å². The highest BCUT2D eigenvalue weighted by Crippen LogP contribution is 2.27. The fourth-order valence-electron chi connectivity index (χ4n) is 1.84. The lowest BCUT2D eigenvalue weighted by atomic mass is 9.89. The normalized spacial score (nSPS) is 25.9. The Morgan fingerprint density at radius 3 is 2.79 bits per heavy atom. The highest BCUT2D eigenvalue weighted by molar-refractivity contribution is 5.46. The van der Waals surface area contributed by atoms with Crippen LogP contribution in [0.4, 0.5) is 5.69 Å². The van der Waals surface area contributed by atoms with Gasteiger partial charge < -0.3 is 10.1 Å². The van der Waals surface area contributed by atoms with Gasteiger partial charge in [0.2, 0.25) is 0 Å². The number of aromatic nitrogens is 2. The van der Waals surface area contributed by atoms with Crippen molar-refractivity contribution in [2.75, 3.05) is 12.4 Å². The molecule has 1 aliphatic rings. The van der Waals surface area contributed by atoms with Crippen molar-refractivity contribution in [3.05, 3.63) is 11.9 Å². The van der Waals surface area contributed by atoms with Gasteiger partial charge in [-0.1, -0.05) is 0 Å². The molecule has 0 bridgehead atoms. The monoisotopic (exact) mass is 195 g/mol. The summed E-state index contributed by atoms with van der Waals surface area (Å²) in [6, 6.07) is 0.558. The second-order valence-corrected chi connectivity index (χ2v) is 3.97. The molecule has 4 heteroatoms. The molecule has 1 aromatic heterocycles. The maximum atomic E-state index is 5.23. The van der Waals surface area contributed by atoms with Crippen LogP contribution in [0, 0.1) is 6.92 Å². The molecule has 1 aliphatic carbocycles. The minimum atomic E-state index is 0.449. The van der Waals surface area contributed by atoms with Crippen molar-refractivity contribution < 1.29 is 4.74 Å². The third kappa shape index (κ3) is 1.75. The van der Waals surface area contributed by atoms with Gasteiger partial charge >= 0.3 is 0 Å². The van der Waals surface area contributed by atoms with Crippen LogP contribution >= 0.6 is 0 Å². The van der Waals surface area contributed by atoms with E-state index in [4.69, 9.17) is 4.74 Å². The van der Waals surface area contributed by atoms with E-state index in [0.29, 0.717) is 12.1 Å². The molecular formula is C10H17N3O. The molecule has 1 aromatic rings. The molecule has 0 spiro atoms. The molecule has 0 radical (unpaired) electrons. The van der Waals surface area contributed by atoms with Gasteiger partial charge in [-0.25, -0.2) is 0 Å². The van der Waals surface area contributed by atoms with Gasteiger partial charge in [-0.05, 0) is 19.8 Å². The minimum absolute atomic E-state index is 0.449. The predicted octanol–water partition coefficient (Wildman–Crippen LogP) is 1.32. The predicted molar refractivity (Wildman–Crippen MR) is 55.4 cm³/mol. The molecule has 78 valence electrons. The Bertz CT molecular complexity index is 315. The van der Waals surface area contributed by atoms with Crippen LogP contribution in [0.1, 0.15) is 18.5 Å². The fourth-order valence-corrected chi connectivity index (χ4v) is 1.84. The van der Waals surface area contributed by atoms with Crippen molar-refractivity contribution in [3.8, 4) is 0 Å². The van der Waals surface area contributed by atoms with E-state index in [0.717, 1.165) is 24.2 Å². The summed E-state index contributed by atoms with van der Waals surface area (Å²) in [6.07, 6.45) is 4.68. The van der Waals surface area contributed by atoms with Crippen LogP contribution < -0.4 is 5.32 Å². The Morgan fingerprint density at radius 2 is 2.29 bits per heavy atom. The van der Waals surface area contributed by atoms with Crippen molar-refractivity contribution in [2.45, 2.75) is 31.9 Å². The molecule has 1 N–H and O–H groups in total. The number of ether oxygens (including phenoxy) is 1. The van der Waals surface area contributed by atoms with E-state index >= 15 is 0 Å². The smallest absolute Gasteiger partial charge is 0.0825 e. The molecule has 14 heavy (non-hydrogen) atoms. The first-order valence-corrected chi connectivity index (χ1v) is 4.98. The Kier molecular flexibility index (Phi) is 2.46. The van der Waals surface area contributed by atoms with Crippen molar-refractivity contribution in [1.29, 1.82) is 0 Å². The standard InChI is InChI=1S/C10H17N3O/c1-7-10(6-13(2)12-7)11-8-4-9(5-8)14-3/h6,8-9,11H,4-5H2,1-3H3. The van der Waals surface area contributed by atoms with E-state index in [1.165, 1.54) is 0 Å². The molecule has 0 amide bonds. The van der Waals surface area contributed by atoms with Crippen molar-refractivity contribution in [2.24, 2.45) is 7.05 Å². The number of rotatable bonds is 3. The average molecular weight is 195 g/mol. The molecule has 0 aromatic carbocycles. The Morgan fingerprint density at radius 1 is 1.57 bits per heavy atom. The number of hydrogen-bond donors (Lipinski definition) is 1. The third-order valence-electron chi connectivity index (χ3n) is 2.80. The SMILES string of the molecule is COC1CC(Nc2cn(C)nc2C)C1. The quantitative estimate of drug-likeness (QED) is 0.790. The van der Waals surface area contributed by atoms with Crippen LogP contribution in [0.2, 0.25) is 0 Å². The van der Waals surface area contributed by atoms with Gasteiger partial charge in [0, 0.05) is 26.4 Å². The largest absolute Gasteiger partial charge is 0.381 e. The van der Waals surface area contributed by atoms with E-state index in [1.807, 2.05) is 24.9 Å². The molecule has 1 heterocycles. The number of anilines is 1. The van der Waals surface area contributed by atoms with E-state index in [2.05, 4.69) is 10.4 Å². The van der Waals surface area contributed by atoms with Gasteiger partial charge in [-0.15, -0.1) is 0 Å². The molecule has 1 fully saturated rings. The molecule has 0 atom stereocenters. The average Bonchev–Trinajstić information content (AvgIpc) is 2.37. The molecular weight excluding hydrogens is 178 g/mol. The number of aryl methyl sites for hydroxylation is 2. The van der Waals surface area contributed by atoms with Gasteiger partial charge in [-0.2, -0.15) is 5.10 Å². The second kappa shape index (κ2) is 3.61. The Balaban J connectivity index is 1.90. The summed E-state index contributed by atoms with van der Waals surface area (Å²) in [4.78, 5) is 0. The maximum absolute atomic E-state index is 5.23. The molecule has 4 nitrogen and oxygen atoms in total. The first-order valence-electron chi connectivity index (χ1n) is 4.98. The Hall–Kier alpha value is -1.03.